The summed E-state index contributed by atoms with van der Waals surface area (Å²) in [4.78, 5) is 15.2. The third-order valence-electron chi connectivity index (χ3n) is 11.6. The molecule has 3 heterocycles. The van der Waals surface area contributed by atoms with E-state index in [0.717, 1.165) is 105 Å². The molecule has 0 aliphatic carbocycles. The molecule has 0 radical (unpaired) electrons. The summed E-state index contributed by atoms with van der Waals surface area (Å²) in [5, 5.41) is 6.53. The maximum atomic E-state index is 6.53. The van der Waals surface area contributed by atoms with Crippen molar-refractivity contribution in [2.24, 2.45) is 0 Å². The second-order valence-corrected chi connectivity index (χ2v) is 15.1. The SMILES string of the molecule is c1ccc(-c2nc(-c3ccccc3)nc(-c3ccc(-c4c(-c5ccc(-c6cccc7c6oc6ccccc67)cc5)ccc5oc6ccccc6c45)c4ccccc34)n2)cc1. The van der Waals surface area contributed by atoms with Gasteiger partial charge in [-0.2, -0.15) is 0 Å². The van der Waals surface area contributed by atoms with Crippen molar-refractivity contribution in [1.29, 1.82) is 0 Å². The van der Waals surface area contributed by atoms with Gasteiger partial charge in [0.2, 0.25) is 0 Å². The lowest BCUT2D eigenvalue weighted by atomic mass is 9.86. The summed E-state index contributed by atoms with van der Waals surface area (Å²) in [5.74, 6) is 1.88. The Hall–Kier alpha value is -8.15. The molecule has 60 heavy (non-hydrogen) atoms. The van der Waals surface area contributed by atoms with Crippen LogP contribution in [0, 0.1) is 0 Å². The summed E-state index contributed by atoms with van der Waals surface area (Å²) in [7, 11) is 0. The van der Waals surface area contributed by atoms with Crippen molar-refractivity contribution < 1.29 is 8.83 Å². The summed E-state index contributed by atoms with van der Waals surface area (Å²) in [6.45, 7) is 0. The van der Waals surface area contributed by atoms with Crippen molar-refractivity contribution in [3.8, 4) is 67.5 Å². The number of para-hydroxylation sites is 3. The normalized spacial score (nSPS) is 11.7. The smallest absolute Gasteiger partial charge is 0.164 e. The fourth-order valence-electron chi connectivity index (χ4n) is 8.78. The van der Waals surface area contributed by atoms with E-state index in [9.17, 15) is 0 Å². The van der Waals surface area contributed by atoms with Crippen molar-refractivity contribution in [2.75, 3.05) is 0 Å². The highest BCUT2D eigenvalue weighted by atomic mass is 16.3. The highest BCUT2D eigenvalue weighted by Crippen LogP contribution is 2.47. The van der Waals surface area contributed by atoms with Crippen LogP contribution in [0.4, 0.5) is 0 Å². The van der Waals surface area contributed by atoms with Gasteiger partial charge >= 0.3 is 0 Å². The third-order valence-corrected chi connectivity index (χ3v) is 11.6. The van der Waals surface area contributed by atoms with Gasteiger partial charge in [-0.05, 0) is 57.3 Å². The van der Waals surface area contributed by atoms with E-state index in [2.05, 4.69) is 115 Å². The molecule has 0 spiro atoms. The van der Waals surface area contributed by atoms with Crippen molar-refractivity contribution >= 4 is 54.6 Å². The second-order valence-electron chi connectivity index (χ2n) is 15.1. The molecule has 0 amide bonds. The van der Waals surface area contributed by atoms with Crippen LogP contribution in [-0.4, -0.2) is 15.0 Å². The lowest BCUT2D eigenvalue weighted by Crippen LogP contribution is -2.00. The number of hydrogen-bond donors (Lipinski definition) is 0. The predicted molar refractivity (Wildman–Crippen MR) is 245 cm³/mol. The highest BCUT2D eigenvalue weighted by molar-refractivity contribution is 6.20. The fraction of sp³-hybridized carbons (Fsp3) is 0. The van der Waals surface area contributed by atoms with Gasteiger partial charge in [0.05, 0.1) is 0 Å². The number of nitrogens with zero attached hydrogens (tertiary/aromatic N) is 3. The minimum absolute atomic E-state index is 0.618. The Bertz CT molecular complexity index is 3530. The minimum Gasteiger partial charge on any atom is -0.456 e. The van der Waals surface area contributed by atoms with E-state index in [1.807, 2.05) is 84.9 Å². The van der Waals surface area contributed by atoms with Gasteiger partial charge in [0.1, 0.15) is 22.3 Å². The van der Waals surface area contributed by atoms with Crippen LogP contribution < -0.4 is 0 Å². The van der Waals surface area contributed by atoms with Crippen molar-refractivity contribution in [1.82, 2.24) is 15.0 Å². The van der Waals surface area contributed by atoms with Gasteiger partial charge in [0.25, 0.3) is 0 Å². The van der Waals surface area contributed by atoms with Crippen LogP contribution in [0.5, 0.6) is 0 Å². The van der Waals surface area contributed by atoms with Gasteiger partial charge < -0.3 is 8.83 Å². The first-order valence-corrected chi connectivity index (χ1v) is 20.1. The van der Waals surface area contributed by atoms with Gasteiger partial charge in [-0.1, -0.05) is 176 Å². The number of hydrogen-bond acceptors (Lipinski definition) is 5. The average Bonchev–Trinajstić information content (AvgIpc) is 3.90. The van der Waals surface area contributed by atoms with Crippen LogP contribution in [0.3, 0.4) is 0 Å². The number of rotatable bonds is 6. The lowest BCUT2D eigenvalue weighted by molar-refractivity contribution is 0.669. The fourth-order valence-corrected chi connectivity index (χ4v) is 8.78. The molecule has 0 fully saturated rings. The van der Waals surface area contributed by atoms with E-state index < -0.39 is 0 Å². The maximum Gasteiger partial charge on any atom is 0.164 e. The van der Waals surface area contributed by atoms with Crippen LogP contribution in [0.2, 0.25) is 0 Å². The van der Waals surface area contributed by atoms with Crippen molar-refractivity contribution in [3.63, 3.8) is 0 Å². The molecule has 0 aliphatic rings. The molecule has 0 unspecified atom stereocenters. The Labute approximate surface area is 344 Å². The first-order valence-electron chi connectivity index (χ1n) is 20.1. The Morgan fingerprint density at radius 2 is 0.767 bits per heavy atom. The number of fused-ring (bicyclic) bond motifs is 7. The van der Waals surface area contributed by atoms with E-state index in [0.29, 0.717) is 17.5 Å². The monoisotopic (exact) mass is 767 g/mol. The van der Waals surface area contributed by atoms with Gasteiger partial charge in [0, 0.05) is 49.4 Å². The molecule has 5 nitrogen and oxygen atoms in total. The topological polar surface area (TPSA) is 65.0 Å². The van der Waals surface area contributed by atoms with Crippen LogP contribution in [0.25, 0.3) is 122 Å². The van der Waals surface area contributed by atoms with Crippen molar-refractivity contribution in [2.45, 2.75) is 0 Å². The van der Waals surface area contributed by atoms with E-state index >= 15 is 0 Å². The molecule has 3 aromatic heterocycles. The number of aromatic nitrogens is 3. The van der Waals surface area contributed by atoms with E-state index in [1.165, 1.54) is 0 Å². The zero-order chi connectivity index (χ0) is 39.6. The van der Waals surface area contributed by atoms with E-state index in [-0.39, 0.29) is 0 Å². The summed E-state index contributed by atoms with van der Waals surface area (Å²) in [6, 6.07) is 69.3. The summed E-state index contributed by atoms with van der Waals surface area (Å²) < 4.78 is 13.0. The van der Waals surface area contributed by atoms with Crippen LogP contribution in [0.15, 0.2) is 209 Å². The van der Waals surface area contributed by atoms with Gasteiger partial charge in [0.15, 0.2) is 17.5 Å². The first-order chi connectivity index (χ1) is 29.7. The van der Waals surface area contributed by atoms with E-state index in [4.69, 9.17) is 23.8 Å². The first kappa shape index (κ1) is 33.9. The zero-order valence-electron chi connectivity index (χ0n) is 32.2. The minimum atomic E-state index is 0.618. The Morgan fingerprint density at radius 1 is 0.267 bits per heavy atom. The largest absolute Gasteiger partial charge is 0.456 e. The lowest BCUT2D eigenvalue weighted by Gasteiger charge is -2.17. The Balaban J connectivity index is 1.06. The highest BCUT2D eigenvalue weighted by Gasteiger charge is 2.22. The molecule has 280 valence electrons. The molecule has 0 N–H and O–H groups in total. The maximum absolute atomic E-state index is 6.53. The molecule has 0 bridgehead atoms. The molecular formula is C55H33N3O2. The Morgan fingerprint density at radius 3 is 1.45 bits per heavy atom. The average molecular weight is 768 g/mol. The molecule has 12 aromatic rings. The quantitative estimate of drug-likeness (QED) is 0.169. The third kappa shape index (κ3) is 5.52. The molecule has 9 aromatic carbocycles. The van der Waals surface area contributed by atoms with Crippen LogP contribution >= 0.6 is 0 Å². The van der Waals surface area contributed by atoms with Crippen molar-refractivity contribution in [3.05, 3.63) is 200 Å². The molecule has 0 atom stereocenters. The molecule has 0 aliphatic heterocycles. The van der Waals surface area contributed by atoms with Gasteiger partial charge in [-0.3, -0.25) is 0 Å². The number of furan rings is 2. The molecule has 5 heteroatoms. The van der Waals surface area contributed by atoms with Crippen LogP contribution in [-0.2, 0) is 0 Å². The summed E-state index contributed by atoms with van der Waals surface area (Å²) in [5.41, 5.74) is 12.9. The predicted octanol–water partition coefficient (Wildman–Crippen LogP) is 14.8. The summed E-state index contributed by atoms with van der Waals surface area (Å²) >= 11 is 0. The molecule has 12 rings (SSSR count). The second kappa shape index (κ2) is 13.8. The molecular weight excluding hydrogens is 735 g/mol. The summed E-state index contributed by atoms with van der Waals surface area (Å²) in [6.07, 6.45) is 0. The number of benzene rings is 9. The Kier molecular flexibility index (Phi) is 7.78. The standard InChI is InChI=1S/C55H33N3O2/c1-3-14-36(15-4-1)53-56-54(37-16-5-2-6-17-37)58-55(57-53)45-31-30-43(40-18-7-8-19-41(40)45)50-38(32-33-49-51(50)46-21-10-12-25-48(46)59-49)34-26-28-35(29-27-34)39-22-13-23-44-42-20-9-11-24-47(42)60-52(39)44/h1-33H. The zero-order valence-corrected chi connectivity index (χ0v) is 32.2. The molecule has 0 saturated heterocycles. The van der Waals surface area contributed by atoms with Crippen LogP contribution in [0.1, 0.15) is 0 Å². The molecule has 0 saturated carbocycles. The van der Waals surface area contributed by atoms with Gasteiger partial charge in [-0.15, -0.1) is 0 Å². The van der Waals surface area contributed by atoms with Gasteiger partial charge in [-0.25, -0.2) is 15.0 Å². The van der Waals surface area contributed by atoms with E-state index in [1.54, 1.807) is 0 Å².